The number of imide groups is 1. The molecule has 1 aliphatic rings. The molecule has 19 heavy (non-hydrogen) atoms. The van der Waals surface area contributed by atoms with E-state index in [0.29, 0.717) is 23.7 Å². The smallest absolute Gasteiger partial charge is 0.242 e. The van der Waals surface area contributed by atoms with Crippen LogP contribution >= 0.6 is 11.3 Å². The number of amides is 2. The molecule has 2 rings (SSSR count). The summed E-state index contributed by atoms with van der Waals surface area (Å²) in [6.07, 6.45) is 1.50. The molecule has 0 saturated carbocycles. The molecule has 1 aromatic rings. The molecule has 0 aromatic carbocycles. The Morgan fingerprint density at radius 2 is 2.05 bits per heavy atom. The fourth-order valence-electron chi connectivity index (χ4n) is 2.32. The van der Waals surface area contributed by atoms with Crippen LogP contribution in [-0.2, 0) is 9.59 Å². The average molecular weight is 280 g/mol. The second kappa shape index (κ2) is 4.85. The lowest BCUT2D eigenvalue weighted by Gasteiger charge is -2.22. The van der Waals surface area contributed by atoms with Gasteiger partial charge in [-0.2, -0.15) is 0 Å². The molecule has 102 valence electrons. The second-order valence-corrected chi connectivity index (χ2v) is 5.61. The number of carbonyl (C=O) groups is 3. The van der Waals surface area contributed by atoms with E-state index < -0.39 is 5.41 Å². The molecule has 1 fully saturated rings. The van der Waals surface area contributed by atoms with Gasteiger partial charge in [-0.3, -0.25) is 14.4 Å². The summed E-state index contributed by atoms with van der Waals surface area (Å²) in [6, 6.07) is 0. The summed E-state index contributed by atoms with van der Waals surface area (Å²) in [5.41, 5.74) is -0.301. The maximum absolute atomic E-state index is 12.5. The first-order chi connectivity index (χ1) is 8.95. The summed E-state index contributed by atoms with van der Waals surface area (Å²) in [6.45, 7) is 5.25. The lowest BCUT2D eigenvalue weighted by molar-refractivity contribution is -0.126. The molecule has 6 heteroatoms. The van der Waals surface area contributed by atoms with E-state index >= 15 is 0 Å². The fourth-order valence-corrected chi connectivity index (χ4v) is 3.20. The Hall–Kier alpha value is -1.56. The van der Waals surface area contributed by atoms with Gasteiger partial charge in [-0.1, -0.05) is 13.8 Å². The molecule has 0 N–H and O–H groups in total. The quantitative estimate of drug-likeness (QED) is 0.627. The maximum atomic E-state index is 12.5. The largest absolute Gasteiger partial charge is 0.293 e. The number of anilines is 1. The Morgan fingerprint density at radius 1 is 1.42 bits per heavy atom. The standard InChI is InChI=1S/C13H16N2O3S/c1-4-13(5-2)6-10(17)15(11(13)18)12-14-9(7-19-12)8(3)16/h7H,4-6H2,1-3H3. The molecule has 2 heterocycles. The van der Waals surface area contributed by atoms with Crippen LogP contribution in [0.4, 0.5) is 5.13 Å². The third kappa shape index (κ3) is 2.10. The highest BCUT2D eigenvalue weighted by Crippen LogP contribution is 2.41. The monoisotopic (exact) mass is 280 g/mol. The molecule has 0 bridgehead atoms. The van der Waals surface area contributed by atoms with Crippen molar-refractivity contribution in [3.8, 4) is 0 Å². The van der Waals surface area contributed by atoms with Gasteiger partial charge in [-0.25, -0.2) is 9.88 Å². The molecule has 1 aromatic heterocycles. The first-order valence-electron chi connectivity index (χ1n) is 6.29. The summed E-state index contributed by atoms with van der Waals surface area (Å²) in [7, 11) is 0. The first kappa shape index (κ1) is 13.9. The van der Waals surface area contributed by atoms with Gasteiger partial charge < -0.3 is 0 Å². The van der Waals surface area contributed by atoms with E-state index in [4.69, 9.17) is 0 Å². The molecule has 1 aliphatic heterocycles. The molecule has 5 nitrogen and oxygen atoms in total. The van der Waals surface area contributed by atoms with Gasteiger partial charge in [0.2, 0.25) is 11.8 Å². The van der Waals surface area contributed by atoms with E-state index in [0.717, 1.165) is 16.2 Å². The highest BCUT2D eigenvalue weighted by atomic mass is 32.1. The minimum absolute atomic E-state index is 0.168. The van der Waals surface area contributed by atoms with Crippen molar-refractivity contribution in [1.29, 1.82) is 0 Å². The average Bonchev–Trinajstić information content (AvgIpc) is 2.93. The van der Waals surface area contributed by atoms with E-state index in [1.165, 1.54) is 6.92 Å². The van der Waals surface area contributed by atoms with Gasteiger partial charge in [-0.15, -0.1) is 11.3 Å². The van der Waals surface area contributed by atoms with Crippen molar-refractivity contribution < 1.29 is 14.4 Å². The third-order valence-corrected chi connectivity index (χ3v) is 4.62. The Bertz CT molecular complexity index is 546. The maximum Gasteiger partial charge on any atom is 0.242 e. The highest BCUT2D eigenvalue weighted by Gasteiger charge is 2.50. The van der Waals surface area contributed by atoms with Crippen molar-refractivity contribution in [3.05, 3.63) is 11.1 Å². The zero-order chi connectivity index (χ0) is 14.2. The zero-order valence-corrected chi connectivity index (χ0v) is 12.0. The van der Waals surface area contributed by atoms with Crippen molar-refractivity contribution in [2.75, 3.05) is 4.90 Å². The predicted octanol–water partition coefficient (Wildman–Crippen LogP) is 2.42. The number of carbonyl (C=O) groups excluding carboxylic acids is 3. The van der Waals surface area contributed by atoms with Crippen LogP contribution < -0.4 is 4.90 Å². The molecule has 0 aliphatic carbocycles. The van der Waals surface area contributed by atoms with E-state index in [1.807, 2.05) is 13.8 Å². The van der Waals surface area contributed by atoms with E-state index in [2.05, 4.69) is 4.98 Å². The zero-order valence-electron chi connectivity index (χ0n) is 11.2. The van der Waals surface area contributed by atoms with Gasteiger partial charge in [0.15, 0.2) is 10.9 Å². The van der Waals surface area contributed by atoms with Gasteiger partial charge in [0.1, 0.15) is 5.69 Å². The summed E-state index contributed by atoms with van der Waals surface area (Å²) in [5.74, 6) is -0.580. The minimum Gasteiger partial charge on any atom is -0.293 e. The molecule has 0 radical (unpaired) electrons. The molecular weight excluding hydrogens is 264 g/mol. The minimum atomic E-state index is -0.598. The Morgan fingerprint density at radius 3 is 2.47 bits per heavy atom. The van der Waals surface area contributed by atoms with E-state index in [1.54, 1.807) is 5.38 Å². The Kier molecular flexibility index (Phi) is 3.54. The summed E-state index contributed by atoms with van der Waals surface area (Å²) in [5, 5.41) is 1.89. The fraction of sp³-hybridized carbons (Fsp3) is 0.538. The first-order valence-corrected chi connectivity index (χ1v) is 7.17. The number of nitrogens with zero attached hydrogens (tertiary/aromatic N) is 2. The Labute approximate surface area is 115 Å². The van der Waals surface area contributed by atoms with Crippen LogP contribution in [0.25, 0.3) is 0 Å². The highest BCUT2D eigenvalue weighted by molar-refractivity contribution is 7.14. The lowest BCUT2D eigenvalue weighted by Crippen LogP contribution is -2.35. The topological polar surface area (TPSA) is 67.3 Å². The van der Waals surface area contributed by atoms with Crippen LogP contribution in [-0.4, -0.2) is 22.6 Å². The van der Waals surface area contributed by atoms with Gasteiger partial charge in [0.05, 0.1) is 5.41 Å². The summed E-state index contributed by atoms with van der Waals surface area (Å²) >= 11 is 1.16. The number of hydrogen-bond donors (Lipinski definition) is 0. The third-order valence-electron chi connectivity index (χ3n) is 3.79. The van der Waals surface area contributed by atoms with Gasteiger partial charge in [0, 0.05) is 18.7 Å². The van der Waals surface area contributed by atoms with Gasteiger partial charge in [0.25, 0.3) is 0 Å². The van der Waals surface area contributed by atoms with Gasteiger partial charge in [-0.05, 0) is 12.8 Å². The molecule has 0 spiro atoms. The van der Waals surface area contributed by atoms with Gasteiger partial charge >= 0.3 is 0 Å². The van der Waals surface area contributed by atoms with Crippen LogP contribution in [0.1, 0.15) is 50.5 Å². The van der Waals surface area contributed by atoms with Crippen LogP contribution in [0, 0.1) is 5.41 Å². The normalized spacial score (nSPS) is 18.2. The molecule has 1 saturated heterocycles. The second-order valence-electron chi connectivity index (χ2n) is 4.77. The van der Waals surface area contributed by atoms with Crippen molar-refractivity contribution in [3.63, 3.8) is 0 Å². The van der Waals surface area contributed by atoms with E-state index in [-0.39, 0.29) is 24.0 Å². The number of aromatic nitrogens is 1. The molecular formula is C13H16N2O3S. The number of ketones is 1. The van der Waals surface area contributed by atoms with Crippen LogP contribution in [0.5, 0.6) is 0 Å². The number of thiazole rings is 1. The summed E-state index contributed by atoms with van der Waals surface area (Å²) < 4.78 is 0. The van der Waals surface area contributed by atoms with Crippen LogP contribution in [0.3, 0.4) is 0 Å². The van der Waals surface area contributed by atoms with Crippen molar-refractivity contribution in [1.82, 2.24) is 4.98 Å². The number of rotatable bonds is 4. The Balaban J connectivity index is 2.37. The van der Waals surface area contributed by atoms with Crippen LogP contribution in [0.2, 0.25) is 0 Å². The van der Waals surface area contributed by atoms with Crippen molar-refractivity contribution >= 4 is 34.1 Å². The van der Waals surface area contributed by atoms with E-state index in [9.17, 15) is 14.4 Å². The van der Waals surface area contributed by atoms with Crippen molar-refractivity contribution in [2.24, 2.45) is 5.41 Å². The molecule has 0 atom stereocenters. The number of hydrogen-bond acceptors (Lipinski definition) is 5. The van der Waals surface area contributed by atoms with Crippen molar-refractivity contribution in [2.45, 2.75) is 40.0 Å². The summed E-state index contributed by atoms with van der Waals surface area (Å²) in [4.78, 5) is 41.0. The molecule has 2 amide bonds. The number of Topliss-reactive ketones (excluding diaryl/α,β-unsaturated/α-hetero) is 1. The SMILES string of the molecule is CCC1(CC)CC(=O)N(c2nc(C(C)=O)cs2)C1=O. The predicted molar refractivity (Wildman–Crippen MR) is 72.2 cm³/mol. The molecule has 0 unspecified atom stereocenters. The van der Waals surface area contributed by atoms with Crippen LogP contribution in [0.15, 0.2) is 5.38 Å². The lowest BCUT2D eigenvalue weighted by atomic mass is 9.81.